The van der Waals surface area contributed by atoms with E-state index in [0.717, 1.165) is 37.3 Å². The lowest BCUT2D eigenvalue weighted by atomic mass is 9.96. The van der Waals surface area contributed by atoms with Gasteiger partial charge in [-0.25, -0.2) is 4.39 Å². The van der Waals surface area contributed by atoms with Gasteiger partial charge in [-0.15, -0.1) is 15.3 Å². The highest BCUT2D eigenvalue weighted by atomic mass is 19.1. The van der Waals surface area contributed by atoms with Crippen molar-refractivity contribution in [1.29, 1.82) is 0 Å². The van der Waals surface area contributed by atoms with Crippen molar-refractivity contribution in [3.05, 3.63) is 78.1 Å². The van der Waals surface area contributed by atoms with Gasteiger partial charge < -0.3 is 10.2 Å². The molecule has 0 bridgehead atoms. The van der Waals surface area contributed by atoms with Crippen LogP contribution < -0.4 is 10.2 Å². The van der Waals surface area contributed by atoms with E-state index in [1.807, 2.05) is 42.5 Å². The molecule has 32 heavy (non-hydrogen) atoms. The first-order valence-corrected chi connectivity index (χ1v) is 10.7. The van der Waals surface area contributed by atoms with Gasteiger partial charge in [0.05, 0.1) is 5.56 Å². The molecule has 0 unspecified atom stereocenters. The Hall–Kier alpha value is -3.81. The maximum atomic E-state index is 14.3. The molecular weight excluding hydrogens is 407 g/mol. The highest BCUT2D eigenvalue weighted by Crippen LogP contribution is 2.25. The average molecular weight is 430 g/mol. The summed E-state index contributed by atoms with van der Waals surface area (Å²) in [6.07, 6.45) is 1.51. The smallest absolute Gasteiger partial charge is 0.223 e. The number of piperidine rings is 1. The van der Waals surface area contributed by atoms with E-state index in [1.165, 1.54) is 6.07 Å². The molecule has 0 radical (unpaired) electrons. The van der Waals surface area contributed by atoms with Crippen molar-refractivity contribution in [2.75, 3.05) is 18.0 Å². The van der Waals surface area contributed by atoms with Gasteiger partial charge in [0.2, 0.25) is 5.91 Å². The van der Waals surface area contributed by atoms with Crippen molar-refractivity contribution >= 4 is 17.4 Å². The zero-order valence-corrected chi connectivity index (χ0v) is 17.5. The van der Waals surface area contributed by atoms with Crippen LogP contribution in [0.2, 0.25) is 0 Å². The minimum atomic E-state index is -0.365. The molecule has 2 aromatic carbocycles. The van der Waals surface area contributed by atoms with Crippen LogP contribution in [0.1, 0.15) is 18.4 Å². The van der Waals surface area contributed by atoms with Crippen molar-refractivity contribution in [1.82, 2.24) is 25.1 Å². The standard InChI is InChI=1S/C24H23FN6O/c25-20-9-5-4-8-19(20)23-28-27-21-10-11-22(29-31(21)23)30-14-12-18(13-15-30)24(32)26-16-17-6-2-1-3-7-17/h1-11,18H,12-16H2,(H,26,32). The van der Waals surface area contributed by atoms with Gasteiger partial charge in [0.1, 0.15) is 11.6 Å². The maximum Gasteiger partial charge on any atom is 0.223 e. The fourth-order valence-corrected chi connectivity index (χ4v) is 4.06. The number of anilines is 1. The van der Waals surface area contributed by atoms with Gasteiger partial charge in [0, 0.05) is 25.6 Å². The zero-order chi connectivity index (χ0) is 21.9. The van der Waals surface area contributed by atoms with Crippen molar-refractivity contribution in [2.45, 2.75) is 19.4 Å². The van der Waals surface area contributed by atoms with Crippen molar-refractivity contribution in [3.8, 4) is 11.4 Å². The third-order valence-electron chi connectivity index (χ3n) is 5.86. The molecule has 7 nitrogen and oxygen atoms in total. The van der Waals surface area contributed by atoms with E-state index in [0.29, 0.717) is 23.6 Å². The van der Waals surface area contributed by atoms with Gasteiger partial charge in [-0.3, -0.25) is 4.79 Å². The van der Waals surface area contributed by atoms with Crippen LogP contribution in [-0.4, -0.2) is 38.8 Å². The summed E-state index contributed by atoms with van der Waals surface area (Å²) in [5.74, 6) is 0.852. The van der Waals surface area contributed by atoms with Crippen LogP contribution in [0.5, 0.6) is 0 Å². The quantitative estimate of drug-likeness (QED) is 0.525. The van der Waals surface area contributed by atoms with Crippen LogP contribution in [0.4, 0.5) is 10.2 Å². The number of hydrogen-bond donors (Lipinski definition) is 1. The Morgan fingerprint density at radius 2 is 1.72 bits per heavy atom. The number of carbonyl (C=O) groups excluding carboxylic acids is 1. The van der Waals surface area contributed by atoms with Crippen molar-refractivity contribution in [2.24, 2.45) is 5.92 Å². The van der Waals surface area contributed by atoms with Gasteiger partial charge in [-0.1, -0.05) is 42.5 Å². The van der Waals surface area contributed by atoms with Crippen LogP contribution in [-0.2, 0) is 11.3 Å². The lowest BCUT2D eigenvalue weighted by Gasteiger charge is -2.32. The van der Waals surface area contributed by atoms with Crippen LogP contribution >= 0.6 is 0 Å². The normalized spacial score (nSPS) is 14.6. The molecule has 1 aliphatic heterocycles. The molecular formula is C24H23FN6O. The summed E-state index contributed by atoms with van der Waals surface area (Å²) in [5, 5.41) is 16.0. The van der Waals surface area contributed by atoms with E-state index >= 15 is 0 Å². The number of nitrogens with one attached hydrogen (secondary N) is 1. The molecule has 4 aromatic rings. The number of halogens is 1. The Kier molecular flexibility index (Phi) is 5.49. The molecule has 1 fully saturated rings. The second-order valence-electron chi connectivity index (χ2n) is 7.93. The number of nitrogens with zero attached hydrogens (tertiary/aromatic N) is 5. The summed E-state index contributed by atoms with van der Waals surface area (Å²) in [4.78, 5) is 14.7. The number of aromatic nitrogens is 4. The lowest BCUT2D eigenvalue weighted by Crippen LogP contribution is -2.40. The van der Waals surface area contributed by atoms with Gasteiger partial charge in [0.15, 0.2) is 11.5 Å². The molecule has 8 heteroatoms. The molecule has 0 saturated carbocycles. The Morgan fingerprint density at radius 3 is 2.50 bits per heavy atom. The molecule has 1 amide bonds. The number of fused-ring (bicyclic) bond motifs is 1. The molecule has 1 aliphatic rings. The molecule has 1 saturated heterocycles. The topological polar surface area (TPSA) is 75.4 Å². The minimum absolute atomic E-state index is 0.0115. The van der Waals surface area contributed by atoms with Gasteiger partial charge >= 0.3 is 0 Å². The van der Waals surface area contributed by atoms with Crippen LogP contribution in [0.25, 0.3) is 17.0 Å². The summed E-state index contributed by atoms with van der Waals surface area (Å²) in [7, 11) is 0. The predicted molar refractivity (Wildman–Crippen MR) is 119 cm³/mol. The van der Waals surface area contributed by atoms with Crippen LogP contribution in [0.3, 0.4) is 0 Å². The van der Waals surface area contributed by atoms with E-state index in [9.17, 15) is 9.18 Å². The molecule has 0 spiro atoms. The monoisotopic (exact) mass is 430 g/mol. The molecule has 5 rings (SSSR count). The van der Waals surface area contributed by atoms with E-state index < -0.39 is 0 Å². The molecule has 0 aliphatic carbocycles. The molecule has 3 heterocycles. The van der Waals surface area contributed by atoms with Gasteiger partial charge in [-0.2, -0.15) is 4.52 Å². The molecule has 1 N–H and O–H groups in total. The Labute approximate surface area is 184 Å². The largest absolute Gasteiger partial charge is 0.355 e. The van der Waals surface area contributed by atoms with Crippen molar-refractivity contribution in [3.63, 3.8) is 0 Å². The first-order valence-electron chi connectivity index (χ1n) is 10.7. The van der Waals surface area contributed by atoms with E-state index in [1.54, 1.807) is 22.7 Å². The highest BCUT2D eigenvalue weighted by Gasteiger charge is 2.26. The Bertz CT molecular complexity index is 1230. The SMILES string of the molecule is O=C(NCc1ccccc1)C1CCN(c2ccc3nnc(-c4ccccc4F)n3n2)CC1. The number of carbonyl (C=O) groups is 1. The summed E-state index contributed by atoms with van der Waals surface area (Å²) < 4.78 is 15.8. The minimum Gasteiger partial charge on any atom is -0.355 e. The number of benzene rings is 2. The first kappa shape index (κ1) is 20.1. The van der Waals surface area contributed by atoms with Crippen molar-refractivity contribution < 1.29 is 9.18 Å². The molecule has 162 valence electrons. The highest BCUT2D eigenvalue weighted by molar-refractivity contribution is 5.79. The first-order chi connectivity index (χ1) is 15.7. The zero-order valence-electron chi connectivity index (χ0n) is 17.5. The fourth-order valence-electron chi connectivity index (χ4n) is 4.06. The molecule has 0 atom stereocenters. The fraction of sp³-hybridized carbons (Fsp3) is 0.250. The third kappa shape index (κ3) is 4.03. The van der Waals surface area contributed by atoms with Gasteiger partial charge in [0.25, 0.3) is 0 Å². The third-order valence-corrected chi connectivity index (χ3v) is 5.86. The summed E-state index contributed by atoms with van der Waals surface area (Å²) in [5.41, 5.74) is 2.01. The summed E-state index contributed by atoms with van der Waals surface area (Å²) in [6.45, 7) is 1.99. The second-order valence-corrected chi connectivity index (χ2v) is 7.93. The maximum absolute atomic E-state index is 14.3. The number of rotatable bonds is 5. The Morgan fingerprint density at radius 1 is 0.969 bits per heavy atom. The summed E-state index contributed by atoms with van der Waals surface area (Å²) in [6, 6.07) is 20.1. The number of hydrogen-bond acceptors (Lipinski definition) is 5. The van der Waals surface area contributed by atoms with Gasteiger partial charge in [-0.05, 0) is 42.7 Å². The lowest BCUT2D eigenvalue weighted by molar-refractivity contribution is -0.125. The van der Waals surface area contributed by atoms with Crippen LogP contribution in [0, 0.1) is 11.7 Å². The van der Waals surface area contributed by atoms with E-state index in [2.05, 4.69) is 25.5 Å². The van der Waals surface area contributed by atoms with Crippen LogP contribution in [0.15, 0.2) is 66.7 Å². The predicted octanol–water partition coefficient (Wildman–Crippen LogP) is 3.46. The molecule has 2 aromatic heterocycles. The Balaban J connectivity index is 1.26. The second kappa shape index (κ2) is 8.74. The van der Waals surface area contributed by atoms with E-state index in [-0.39, 0.29) is 17.6 Å². The average Bonchev–Trinajstić information content (AvgIpc) is 3.27. The summed E-state index contributed by atoms with van der Waals surface area (Å²) >= 11 is 0. The van der Waals surface area contributed by atoms with E-state index in [4.69, 9.17) is 0 Å². The number of amides is 1.